The Morgan fingerprint density at radius 3 is 2.62 bits per heavy atom. The van der Waals surface area contributed by atoms with Crippen LogP contribution in [0.25, 0.3) is 0 Å². The number of likely N-dealkylation sites (N-methyl/N-ethyl adjacent to an activating group) is 1. The molecular formula is C20H22N2O4. The fourth-order valence-corrected chi connectivity index (χ4v) is 2.76. The maximum absolute atomic E-state index is 12.6. The summed E-state index contributed by atoms with van der Waals surface area (Å²) in [5, 5.41) is 2.85. The van der Waals surface area contributed by atoms with Gasteiger partial charge in [-0.15, -0.1) is 0 Å². The number of hydrogen-bond acceptors (Lipinski definition) is 4. The summed E-state index contributed by atoms with van der Waals surface area (Å²) in [6, 6.07) is 12.9. The number of ether oxygens (including phenoxy) is 2. The van der Waals surface area contributed by atoms with Crippen molar-refractivity contribution in [3.05, 3.63) is 53.6 Å². The minimum absolute atomic E-state index is 0.0618. The number of para-hydroxylation sites is 2. The lowest BCUT2D eigenvalue weighted by Gasteiger charge is -2.28. The molecule has 6 heteroatoms. The van der Waals surface area contributed by atoms with E-state index in [-0.39, 0.29) is 25.0 Å². The van der Waals surface area contributed by atoms with Crippen molar-refractivity contribution >= 4 is 17.5 Å². The van der Waals surface area contributed by atoms with Crippen LogP contribution in [0.2, 0.25) is 0 Å². The van der Waals surface area contributed by atoms with Gasteiger partial charge in [0.25, 0.3) is 5.91 Å². The minimum atomic E-state index is -0.761. The molecule has 0 aromatic heterocycles. The molecule has 1 aliphatic heterocycles. The van der Waals surface area contributed by atoms with Crippen LogP contribution >= 0.6 is 0 Å². The predicted molar refractivity (Wildman–Crippen MR) is 98.5 cm³/mol. The van der Waals surface area contributed by atoms with Crippen LogP contribution in [0.3, 0.4) is 0 Å². The fourth-order valence-electron chi connectivity index (χ4n) is 2.76. The minimum Gasteiger partial charge on any atom is -0.485 e. The van der Waals surface area contributed by atoms with E-state index in [4.69, 9.17) is 9.47 Å². The molecular weight excluding hydrogens is 332 g/mol. The van der Waals surface area contributed by atoms with E-state index in [0.29, 0.717) is 11.5 Å². The second-order valence-electron chi connectivity index (χ2n) is 6.35. The zero-order valence-corrected chi connectivity index (χ0v) is 15.1. The maximum Gasteiger partial charge on any atom is 0.267 e. The molecule has 1 N–H and O–H groups in total. The Morgan fingerprint density at radius 1 is 1.12 bits per heavy atom. The van der Waals surface area contributed by atoms with Gasteiger partial charge < -0.3 is 19.7 Å². The number of carbonyl (C=O) groups is 2. The van der Waals surface area contributed by atoms with Crippen LogP contribution in [-0.4, -0.2) is 43.0 Å². The lowest BCUT2D eigenvalue weighted by atomic mass is 10.1. The second-order valence-corrected chi connectivity index (χ2v) is 6.35. The van der Waals surface area contributed by atoms with E-state index in [2.05, 4.69) is 5.32 Å². The van der Waals surface area contributed by atoms with Crippen LogP contribution in [0.15, 0.2) is 42.5 Å². The first kappa shape index (κ1) is 17.8. The highest BCUT2D eigenvalue weighted by Crippen LogP contribution is 2.31. The Morgan fingerprint density at radius 2 is 1.85 bits per heavy atom. The van der Waals surface area contributed by atoms with Gasteiger partial charge in [-0.1, -0.05) is 24.3 Å². The summed E-state index contributed by atoms with van der Waals surface area (Å²) < 4.78 is 11.3. The van der Waals surface area contributed by atoms with Crippen molar-refractivity contribution in [2.75, 3.05) is 25.5 Å². The van der Waals surface area contributed by atoms with Crippen LogP contribution in [0, 0.1) is 13.8 Å². The number of rotatable bonds is 4. The third kappa shape index (κ3) is 3.79. The number of aryl methyl sites for hydroxylation is 1. The Bertz CT molecular complexity index is 834. The molecule has 2 aromatic rings. The number of carbonyl (C=O) groups excluding carboxylic acids is 2. The summed E-state index contributed by atoms with van der Waals surface area (Å²) in [5.74, 6) is 0.597. The Kier molecular flexibility index (Phi) is 5.11. The Labute approximate surface area is 152 Å². The predicted octanol–water partition coefficient (Wildman–Crippen LogP) is 2.54. The largest absolute Gasteiger partial charge is 0.485 e. The van der Waals surface area contributed by atoms with E-state index in [0.717, 1.165) is 16.8 Å². The number of fused-ring (bicyclic) bond motifs is 1. The summed E-state index contributed by atoms with van der Waals surface area (Å²) in [5.41, 5.74) is 2.86. The first-order valence-corrected chi connectivity index (χ1v) is 8.45. The smallest absolute Gasteiger partial charge is 0.267 e. The van der Waals surface area contributed by atoms with Crippen LogP contribution in [0.4, 0.5) is 5.69 Å². The van der Waals surface area contributed by atoms with Crippen LogP contribution in [-0.2, 0) is 9.59 Å². The molecule has 1 aliphatic rings. The molecule has 26 heavy (non-hydrogen) atoms. The van der Waals surface area contributed by atoms with Gasteiger partial charge in [0, 0.05) is 12.7 Å². The van der Waals surface area contributed by atoms with Gasteiger partial charge in [0.15, 0.2) is 11.5 Å². The Balaban J connectivity index is 1.59. The molecule has 0 spiro atoms. The maximum atomic E-state index is 12.6. The van der Waals surface area contributed by atoms with Crippen molar-refractivity contribution in [1.82, 2.24) is 4.90 Å². The van der Waals surface area contributed by atoms with E-state index in [9.17, 15) is 9.59 Å². The SMILES string of the molecule is Cc1cccc(NC(=O)CN(C)C(=O)[C@@H]2COc3ccccc3O2)c1C. The molecule has 0 fully saturated rings. The van der Waals surface area contributed by atoms with E-state index in [1.54, 1.807) is 19.2 Å². The highest BCUT2D eigenvalue weighted by molar-refractivity contribution is 5.95. The van der Waals surface area contributed by atoms with Crippen molar-refractivity contribution in [1.29, 1.82) is 0 Å². The zero-order valence-electron chi connectivity index (χ0n) is 15.1. The molecule has 6 nitrogen and oxygen atoms in total. The van der Waals surface area contributed by atoms with Gasteiger partial charge in [0.05, 0.1) is 6.54 Å². The zero-order chi connectivity index (χ0) is 18.7. The van der Waals surface area contributed by atoms with Crippen molar-refractivity contribution in [3.8, 4) is 11.5 Å². The van der Waals surface area contributed by atoms with E-state index in [1.165, 1.54) is 4.90 Å². The average molecular weight is 354 g/mol. The second kappa shape index (κ2) is 7.47. The van der Waals surface area contributed by atoms with Gasteiger partial charge in [-0.05, 0) is 43.2 Å². The monoisotopic (exact) mass is 354 g/mol. The van der Waals surface area contributed by atoms with Crippen molar-refractivity contribution in [2.45, 2.75) is 20.0 Å². The molecule has 1 heterocycles. The molecule has 0 radical (unpaired) electrons. The summed E-state index contributed by atoms with van der Waals surface area (Å²) in [4.78, 5) is 26.2. The third-order valence-corrected chi connectivity index (χ3v) is 4.42. The number of hydrogen-bond donors (Lipinski definition) is 1. The third-order valence-electron chi connectivity index (χ3n) is 4.42. The topological polar surface area (TPSA) is 67.9 Å². The molecule has 0 bridgehead atoms. The van der Waals surface area contributed by atoms with Crippen molar-refractivity contribution in [2.24, 2.45) is 0 Å². The number of nitrogens with zero attached hydrogens (tertiary/aromatic N) is 1. The molecule has 3 rings (SSSR count). The number of benzene rings is 2. The van der Waals surface area contributed by atoms with Gasteiger partial charge in [0.1, 0.15) is 6.61 Å². The van der Waals surface area contributed by atoms with Crippen LogP contribution in [0.1, 0.15) is 11.1 Å². The highest BCUT2D eigenvalue weighted by atomic mass is 16.6. The molecule has 0 aliphatic carbocycles. The summed E-state index contributed by atoms with van der Waals surface area (Å²) in [6.07, 6.45) is -0.761. The van der Waals surface area contributed by atoms with Crippen molar-refractivity contribution < 1.29 is 19.1 Å². The lowest BCUT2D eigenvalue weighted by molar-refractivity contribution is -0.141. The molecule has 2 amide bonds. The first-order valence-electron chi connectivity index (χ1n) is 8.45. The van der Waals surface area contributed by atoms with Gasteiger partial charge in [-0.25, -0.2) is 0 Å². The molecule has 136 valence electrons. The molecule has 0 unspecified atom stereocenters. The quantitative estimate of drug-likeness (QED) is 0.916. The van der Waals surface area contributed by atoms with Gasteiger partial charge in [-0.2, -0.15) is 0 Å². The highest BCUT2D eigenvalue weighted by Gasteiger charge is 2.30. The van der Waals surface area contributed by atoms with Gasteiger partial charge in [0.2, 0.25) is 12.0 Å². The molecule has 2 aromatic carbocycles. The normalized spacial score (nSPS) is 15.3. The molecule has 1 atom stereocenters. The van der Waals surface area contributed by atoms with E-state index >= 15 is 0 Å². The Hall–Kier alpha value is -3.02. The standard InChI is InChI=1S/C20H22N2O4/c1-13-7-6-8-15(14(13)2)21-19(23)11-22(3)20(24)18-12-25-16-9-4-5-10-17(16)26-18/h4-10,18H,11-12H2,1-3H3,(H,21,23)/t18-/m0/s1. The van der Waals surface area contributed by atoms with Gasteiger partial charge in [-0.3, -0.25) is 9.59 Å². The number of nitrogens with one attached hydrogen (secondary N) is 1. The van der Waals surface area contributed by atoms with E-state index in [1.807, 2.05) is 44.2 Å². The van der Waals surface area contributed by atoms with Gasteiger partial charge >= 0.3 is 0 Å². The number of anilines is 1. The number of amides is 2. The van der Waals surface area contributed by atoms with Crippen LogP contribution < -0.4 is 14.8 Å². The van der Waals surface area contributed by atoms with Crippen molar-refractivity contribution in [3.63, 3.8) is 0 Å². The first-order chi connectivity index (χ1) is 12.5. The molecule has 0 saturated heterocycles. The van der Waals surface area contributed by atoms with Crippen LogP contribution in [0.5, 0.6) is 11.5 Å². The van der Waals surface area contributed by atoms with E-state index < -0.39 is 6.10 Å². The summed E-state index contributed by atoms with van der Waals surface area (Å²) in [7, 11) is 1.58. The fraction of sp³-hybridized carbons (Fsp3) is 0.300. The summed E-state index contributed by atoms with van der Waals surface area (Å²) >= 11 is 0. The summed E-state index contributed by atoms with van der Waals surface area (Å²) in [6.45, 7) is 4.00. The average Bonchev–Trinajstić information content (AvgIpc) is 2.64. The molecule has 0 saturated carbocycles. The lowest BCUT2D eigenvalue weighted by Crippen LogP contribution is -2.47.